The van der Waals surface area contributed by atoms with Crippen molar-refractivity contribution in [2.75, 3.05) is 13.2 Å². The molecule has 0 unspecified atom stereocenters. The minimum Gasteiger partial charge on any atom is -0.488 e. The van der Waals surface area contributed by atoms with Crippen molar-refractivity contribution in [3.8, 4) is 5.75 Å². The van der Waals surface area contributed by atoms with E-state index in [0.717, 1.165) is 18.1 Å². The summed E-state index contributed by atoms with van der Waals surface area (Å²) in [7, 11) is 0. The molecule has 11 heteroatoms. The zero-order chi connectivity index (χ0) is 29.8. The minimum atomic E-state index is -0.949. The second kappa shape index (κ2) is 12.4. The van der Waals surface area contributed by atoms with E-state index in [0.29, 0.717) is 11.5 Å². The second-order valence-electron chi connectivity index (χ2n) is 11.5. The summed E-state index contributed by atoms with van der Waals surface area (Å²) in [5.41, 5.74) is 4.15. The monoisotopic (exact) mass is 577 g/mol. The van der Waals surface area contributed by atoms with E-state index in [1.54, 1.807) is 46.8 Å². The normalized spacial score (nSPS) is 16.6. The van der Waals surface area contributed by atoms with E-state index in [2.05, 4.69) is 24.7 Å². The van der Waals surface area contributed by atoms with Crippen LogP contribution in [0, 0.1) is 11.7 Å². The van der Waals surface area contributed by atoms with E-state index < -0.39 is 41.1 Å². The van der Waals surface area contributed by atoms with Gasteiger partial charge in [0.15, 0.2) is 11.6 Å². The van der Waals surface area contributed by atoms with Gasteiger partial charge in [-0.15, -0.1) is 0 Å². The molecule has 0 spiro atoms. The number of amides is 3. The summed E-state index contributed by atoms with van der Waals surface area (Å²) in [6.45, 7) is 13.0. The maximum Gasteiger partial charge on any atom is 0.413 e. The van der Waals surface area contributed by atoms with E-state index in [1.165, 1.54) is 11.0 Å². The fraction of sp³-hybridized carbons (Fsp3) is 0.483. The van der Waals surface area contributed by atoms with Gasteiger partial charge < -0.3 is 14.2 Å². The van der Waals surface area contributed by atoms with Crippen LogP contribution < -0.4 is 15.6 Å². The predicted octanol–water partition coefficient (Wildman–Crippen LogP) is 5.50. The van der Waals surface area contributed by atoms with Crippen molar-refractivity contribution >= 4 is 29.5 Å². The molecule has 0 saturated carbocycles. The highest BCUT2D eigenvalue weighted by Crippen LogP contribution is 2.31. The third-order valence-electron chi connectivity index (χ3n) is 6.01. The average Bonchev–Trinajstić information content (AvgIpc) is 3.15. The van der Waals surface area contributed by atoms with Gasteiger partial charge in [-0.1, -0.05) is 37.6 Å². The lowest BCUT2D eigenvalue weighted by Crippen LogP contribution is -2.51. The molecule has 1 aliphatic rings. The number of carbonyl (C=O) groups excluding carboxylic acids is 3. The molecule has 2 aromatic carbocycles. The maximum atomic E-state index is 14.9. The smallest absolute Gasteiger partial charge is 0.413 e. The number of benzene rings is 2. The molecule has 1 saturated heterocycles. The maximum absolute atomic E-state index is 14.9. The van der Waals surface area contributed by atoms with Crippen LogP contribution in [0.1, 0.15) is 74.7 Å². The van der Waals surface area contributed by atoms with Gasteiger partial charge >= 0.3 is 6.09 Å². The summed E-state index contributed by atoms with van der Waals surface area (Å²) < 4.78 is 31.8. The summed E-state index contributed by atoms with van der Waals surface area (Å²) in [6, 6.07) is 8.57. The van der Waals surface area contributed by atoms with Gasteiger partial charge in [-0.2, -0.15) is 0 Å². The molecule has 1 fully saturated rings. The van der Waals surface area contributed by atoms with Gasteiger partial charge in [0.2, 0.25) is 0 Å². The van der Waals surface area contributed by atoms with E-state index in [9.17, 15) is 18.8 Å². The summed E-state index contributed by atoms with van der Waals surface area (Å²) in [5, 5.41) is -0.0896. The van der Waals surface area contributed by atoms with Gasteiger partial charge in [0.1, 0.15) is 17.9 Å². The van der Waals surface area contributed by atoms with Gasteiger partial charge in [-0.05, 0) is 70.7 Å². The standard InChI is InChI=1S/C29H37ClFN3O6/c1-17(2)12-18-8-10-19(11-9-18)25(35)32-33-26(36)21-13-23(31)24(14-22(21)30)38-15-20-16-39-29(6,7)34(20)27(37)40-28(3,4)5/h8-11,13-14,17,20H,12,15-16H2,1-7H3,(H,32,35)(H,33,36)/t20-/m0/s1. The Bertz CT molecular complexity index is 1240. The lowest BCUT2D eigenvalue weighted by atomic mass is 10.0. The van der Waals surface area contributed by atoms with E-state index in [-0.39, 0.29) is 29.5 Å². The van der Waals surface area contributed by atoms with E-state index in [4.69, 9.17) is 25.8 Å². The molecule has 3 amide bonds. The zero-order valence-corrected chi connectivity index (χ0v) is 24.6. The van der Waals surface area contributed by atoms with Crippen LogP contribution in [-0.4, -0.2) is 53.4 Å². The van der Waals surface area contributed by atoms with Crippen molar-refractivity contribution in [2.24, 2.45) is 5.92 Å². The Morgan fingerprint density at radius 3 is 2.35 bits per heavy atom. The SMILES string of the molecule is CC(C)Cc1ccc(C(=O)NNC(=O)c2cc(F)c(OC[C@H]3COC(C)(C)N3C(=O)OC(C)(C)C)cc2Cl)cc1. The van der Waals surface area contributed by atoms with Gasteiger partial charge in [0.25, 0.3) is 11.8 Å². The Morgan fingerprint density at radius 2 is 1.75 bits per heavy atom. The Kier molecular flexibility index (Phi) is 9.68. The van der Waals surface area contributed by atoms with Crippen LogP contribution in [0.2, 0.25) is 5.02 Å². The Morgan fingerprint density at radius 1 is 1.12 bits per heavy atom. The van der Waals surface area contributed by atoms with Crippen LogP contribution in [0.3, 0.4) is 0 Å². The molecule has 0 radical (unpaired) electrons. The number of nitrogens with zero attached hydrogens (tertiary/aromatic N) is 1. The van der Waals surface area contributed by atoms with Crippen LogP contribution >= 0.6 is 11.6 Å². The van der Waals surface area contributed by atoms with Crippen LogP contribution in [0.4, 0.5) is 9.18 Å². The molecule has 40 heavy (non-hydrogen) atoms. The molecule has 1 heterocycles. The fourth-order valence-electron chi connectivity index (χ4n) is 4.20. The van der Waals surface area contributed by atoms with Gasteiger partial charge in [-0.25, -0.2) is 9.18 Å². The lowest BCUT2D eigenvalue weighted by molar-refractivity contribution is -0.0637. The van der Waals surface area contributed by atoms with Crippen molar-refractivity contribution in [3.63, 3.8) is 0 Å². The highest BCUT2D eigenvalue weighted by molar-refractivity contribution is 6.34. The quantitative estimate of drug-likeness (QED) is 0.421. The third-order valence-corrected chi connectivity index (χ3v) is 6.32. The molecule has 0 aromatic heterocycles. The van der Waals surface area contributed by atoms with Crippen molar-refractivity contribution < 1.29 is 33.0 Å². The van der Waals surface area contributed by atoms with Crippen LogP contribution in [0.25, 0.3) is 0 Å². The Hall–Kier alpha value is -3.37. The van der Waals surface area contributed by atoms with Crippen LogP contribution in [-0.2, 0) is 15.9 Å². The van der Waals surface area contributed by atoms with Crippen LogP contribution in [0.15, 0.2) is 36.4 Å². The highest BCUT2D eigenvalue weighted by Gasteiger charge is 2.46. The van der Waals surface area contributed by atoms with Gasteiger partial charge in [0.05, 0.1) is 23.2 Å². The van der Waals surface area contributed by atoms with E-state index in [1.807, 2.05) is 12.1 Å². The molecule has 0 aliphatic carbocycles. The second-order valence-corrected chi connectivity index (χ2v) is 11.9. The number of carbonyl (C=O) groups is 3. The first-order valence-corrected chi connectivity index (χ1v) is 13.4. The zero-order valence-electron chi connectivity index (χ0n) is 23.9. The topological polar surface area (TPSA) is 106 Å². The summed E-state index contributed by atoms with van der Waals surface area (Å²) in [4.78, 5) is 39.3. The third kappa shape index (κ3) is 8.08. The number of hydrogen-bond donors (Lipinski definition) is 2. The first kappa shape index (κ1) is 31.2. The number of ether oxygens (including phenoxy) is 3. The fourth-order valence-corrected chi connectivity index (χ4v) is 4.44. The lowest BCUT2D eigenvalue weighted by Gasteiger charge is -2.35. The Labute approximate surface area is 239 Å². The molecule has 9 nitrogen and oxygen atoms in total. The highest BCUT2D eigenvalue weighted by atomic mass is 35.5. The molecule has 3 rings (SSSR count). The number of rotatable bonds is 7. The van der Waals surface area contributed by atoms with Gasteiger partial charge in [0, 0.05) is 11.6 Å². The molecule has 0 bridgehead atoms. The summed E-state index contributed by atoms with van der Waals surface area (Å²) in [6.07, 6.45) is 0.305. The molecule has 2 N–H and O–H groups in total. The van der Waals surface area contributed by atoms with Crippen molar-refractivity contribution in [1.29, 1.82) is 0 Å². The molecular formula is C29H37ClFN3O6. The predicted molar refractivity (Wildman–Crippen MR) is 149 cm³/mol. The molecule has 1 aliphatic heterocycles. The Balaban J connectivity index is 1.62. The first-order chi connectivity index (χ1) is 18.6. The molecule has 218 valence electrons. The molecular weight excluding hydrogens is 541 g/mol. The van der Waals surface area contributed by atoms with Gasteiger partial charge in [-0.3, -0.25) is 25.3 Å². The van der Waals surface area contributed by atoms with Crippen molar-refractivity contribution in [2.45, 2.75) is 72.3 Å². The number of nitrogens with one attached hydrogen (secondary N) is 2. The number of hydrogen-bond acceptors (Lipinski definition) is 6. The molecule has 1 atom stereocenters. The largest absolute Gasteiger partial charge is 0.488 e. The first-order valence-electron chi connectivity index (χ1n) is 13.0. The van der Waals surface area contributed by atoms with Crippen molar-refractivity contribution in [1.82, 2.24) is 15.8 Å². The van der Waals surface area contributed by atoms with E-state index >= 15 is 0 Å². The number of hydrazine groups is 1. The summed E-state index contributed by atoms with van der Waals surface area (Å²) in [5.74, 6) is -1.90. The minimum absolute atomic E-state index is 0.0896. The summed E-state index contributed by atoms with van der Waals surface area (Å²) >= 11 is 6.25. The number of halogens is 2. The van der Waals surface area contributed by atoms with Crippen molar-refractivity contribution in [3.05, 3.63) is 63.9 Å². The molecule has 2 aromatic rings. The van der Waals surface area contributed by atoms with Crippen LogP contribution in [0.5, 0.6) is 5.75 Å². The average molecular weight is 578 g/mol.